The average molecular weight is 220 g/mol. The largest absolute Gasteiger partial charge is 0.345 e. The molecule has 0 atom stereocenters. The topological polar surface area (TPSA) is 28.7 Å². The monoisotopic (exact) mass is 220 g/mol. The zero-order valence-electron chi connectivity index (χ0n) is 9.30. The Balaban J connectivity index is 1.92. The van der Waals surface area contributed by atoms with E-state index >= 15 is 0 Å². The molecule has 82 valence electrons. The molecule has 0 spiro atoms. The number of aromatic nitrogens is 2. The second-order valence-corrected chi connectivity index (χ2v) is 3.92. The van der Waals surface area contributed by atoms with E-state index in [1.165, 1.54) is 5.56 Å². The van der Waals surface area contributed by atoms with Crippen LogP contribution in [0.5, 0.6) is 0 Å². The Bertz CT molecular complexity index is 651. The molecule has 0 aliphatic carbocycles. The molecule has 0 saturated heterocycles. The molecule has 0 unspecified atom stereocenters. The van der Waals surface area contributed by atoms with E-state index in [0.717, 1.165) is 16.6 Å². The normalized spacial score (nSPS) is 11.3. The van der Waals surface area contributed by atoms with Crippen molar-refractivity contribution in [2.45, 2.75) is 0 Å². The van der Waals surface area contributed by atoms with Crippen molar-refractivity contribution in [3.63, 3.8) is 0 Å². The van der Waals surface area contributed by atoms with Gasteiger partial charge in [-0.05, 0) is 23.3 Å². The van der Waals surface area contributed by atoms with Gasteiger partial charge in [-0.25, -0.2) is 4.98 Å². The molecule has 0 aliphatic heterocycles. The quantitative estimate of drug-likeness (QED) is 0.655. The first-order chi connectivity index (χ1) is 8.42. The van der Waals surface area contributed by atoms with E-state index in [-0.39, 0.29) is 0 Å². The molecule has 1 N–H and O–H groups in total. The molecular weight excluding hydrogens is 208 g/mol. The molecule has 0 aliphatic rings. The highest BCUT2D eigenvalue weighted by Gasteiger charge is 1.95. The number of aromatic amines is 1. The summed E-state index contributed by atoms with van der Waals surface area (Å²) >= 11 is 0. The Morgan fingerprint density at radius 2 is 1.71 bits per heavy atom. The van der Waals surface area contributed by atoms with Crippen molar-refractivity contribution in [2.75, 3.05) is 0 Å². The minimum atomic E-state index is 1.00. The third-order valence-corrected chi connectivity index (χ3v) is 2.71. The van der Waals surface area contributed by atoms with E-state index in [1.54, 1.807) is 6.33 Å². The summed E-state index contributed by atoms with van der Waals surface area (Å²) in [7, 11) is 0. The molecule has 0 amide bonds. The van der Waals surface area contributed by atoms with Crippen LogP contribution in [0.25, 0.3) is 23.2 Å². The Kier molecular flexibility index (Phi) is 2.47. The van der Waals surface area contributed by atoms with Gasteiger partial charge in [0.1, 0.15) is 0 Å². The van der Waals surface area contributed by atoms with Crippen LogP contribution in [0, 0.1) is 0 Å². The lowest BCUT2D eigenvalue weighted by Crippen LogP contribution is -1.74. The lowest BCUT2D eigenvalue weighted by Gasteiger charge is -1.94. The average Bonchev–Trinajstić information content (AvgIpc) is 2.85. The second-order valence-electron chi connectivity index (χ2n) is 3.92. The lowest BCUT2D eigenvalue weighted by atomic mass is 10.1. The fourth-order valence-corrected chi connectivity index (χ4v) is 1.81. The third kappa shape index (κ3) is 2.11. The summed E-state index contributed by atoms with van der Waals surface area (Å²) in [4.78, 5) is 7.33. The van der Waals surface area contributed by atoms with E-state index in [0.29, 0.717) is 0 Å². The van der Waals surface area contributed by atoms with E-state index in [2.05, 4.69) is 46.4 Å². The molecule has 2 heteroatoms. The van der Waals surface area contributed by atoms with Gasteiger partial charge in [-0.3, -0.25) is 0 Å². The molecule has 0 saturated carbocycles. The minimum absolute atomic E-state index is 1.00. The van der Waals surface area contributed by atoms with Gasteiger partial charge in [0, 0.05) is 0 Å². The van der Waals surface area contributed by atoms with Crippen molar-refractivity contribution in [3.05, 3.63) is 66.0 Å². The van der Waals surface area contributed by atoms with E-state index in [9.17, 15) is 0 Å². The van der Waals surface area contributed by atoms with Crippen LogP contribution >= 0.6 is 0 Å². The van der Waals surface area contributed by atoms with Crippen LogP contribution in [0.4, 0.5) is 0 Å². The molecular formula is C15H12N2. The number of H-pyrrole nitrogens is 1. The van der Waals surface area contributed by atoms with Crippen LogP contribution < -0.4 is 0 Å². The van der Waals surface area contributed by atoms with Crippen LogP contribution in [-0.4, -0.2) is 9.97 Å². The van der Waals surface area contributed by atoms with Gasteiger partial charge in [-0.15, -0.1) is 0 Å². The third-order valence-electron chi connectivity index (χ3n) is 2.71. The summed E-state index contributed by atoms with van der Waals surface area (Å²) in [6.45, 7) is 0. The van der Waals surface area contributed by atoms with Crippen molar-refractivity contribution >= 4 is 23.2 Å². The van der Waals surface area contributed by atoms with Crippen LogP contribution in [-0.2, 0) is 0 Å². The second kappa shape index (κ2) is 4.26. The highest BCUT2D eigenvalue weighted by Crippen LogP contribution is 2.14. The number of nitrogens with one attached hydrogen (secondary N) is 1. The number of benzene rings is 2. The SMILES string of the molecule is C(=Cc1ccc2[nH]cnc2c1)c1ccccc1. The number of nitrogens with zero attached hydrogens (tertiary/aromatic N) is 1. The maximum atomic E-state index is 4.24. The summed E-state index contributed by atoms with van der Waals surface area (Å²) in [6.07, 6.45) is 5.92. The molecule has 2 aromatic carbocycles. The van der Waals surface area contributed by atoms with Crippen LogP contribution in [0.1, 0.15) is 11.1 Å². The molecule has 0 radical (unpaired) electrons. The molecule has 17 heavy (non-hydrogen) atoms. The van der Waals surface area contributed by atoms with Gasteiger partial charge in [-0.2, -0.15) is 0 Å². The van der Waals surface area contributed by atoms with Crippen LogP contribution in [0.15, 0.2) is 54.9 Å². The van der Waals surface area contributed by atoms with Crippen molar-refractivity contribution in [1.29, 1.82) is 0 Å². The van der Waals surface area contributed by atoms with Crippen molar-refractivity contribution in [3.8, 4) is 0 Å². The first kappa shape index (κ1) is 9.85. The first-order valence-electron chi connectivity index (χ1n) is 5.58. The Labute approximate surface area is 99.6 Å². The lowest BCUT2D eigenvalue weighted by molar-refractivity contribution is 1.34. The van der Waals surface area contributed by atoms with Crippen LogP contribution in [0.2, 0.25) is 0 Å². The molecule has 0 fully saturated rings. The van der Waals surface area contributed by atoms with Gasteiger partial charge >= 0.3 is 0 Å². The fourth-order valence-electron chi connectivity index (χ4n) is 1.81. The first-order valence-corrected chi connectivity index (χ1v) is 5.58. The number of rotatable bonds is 2. The summed E-state index contributed by atoms with van der Waals surface area (Å²) in [5, 5.41) is 0. The molecule has 3 rings (SSSR count). The van der Waals surface area contributed by atoms with Gasteiger partial charge in [0.25, 0.3) is 0 Å². The highest BCUT2D eigenvalue weighted by atomic mass is 14.9. The van der Waals surface area contributed by atoms with Gasteiger partial charge in [-0.1, -0.05) is 48.6 Å². The predicted octanol–water partition coefficient (Wildman–Crippen LogP) is 3.73. The molecule has 1 heterocycles. The van der Waals surface area contributed by atoms with Gasteiger partial charge in [0.2, 0.25) is 0 Å². The zero-order valence-corrected chi connectivity index (χ0v) is 9.30. The Morgan fingerprint density at radius 1 is 0.882 bits per heavy atom. The standard InChI is InChI=1S/C15H12N2/c1-2-4-12(5-3-1)6-7-13-8-9-14-15(10-13)17-11-16-14/h1-11H,(H,16,17). The van der Waals surface area contributed by atoms with E-state index in [4.69, 9.17) is 0 Å². The summed E-state index contributed by atoms with van der Waals surface area (Å²) in [6, 6.07) is 16.5. The van der Waals surface area contributed by atoms with Gasteiger partial charge < -0.3 is 4.98 Å². The summed E-state index contributed by atoms with van der Waals surface area (Å²) in [5.74, 6) is 0. The van der Waals surface area contributed by atoms with Crippen molar-refractivity contribution in [2.24, 2.45) is 0 Å². The minimum Gasteiger partial charge on any atom is -0.345 e. The highest BCUT2D eigenvalue weighted by molar-refractivity contribution is 5.80. The smallest absolute Gasteiger partial charge is 0.0931 e. The number of hydrogen-bond donors (Lipinski definition) is 1. The number of imidazole rings is 1. The van der Waals surface area contributed by atoms with E-state index < -0.39 is 0 Å². The van der Waals surface area contributed by atoms with Crippen molar-refractivity contribution in [1.82, 2.24) is 9.97 Å². The molecule has 2 nitrogen and oxygen atoms in total. The van der Waals surface area contributed by atoms with Crippen LogP contribution in [0.3, 0.4) is 0 Å². The molecule has 3 aromatic rings. The maximum absolute atomic E-state index is 4.24. The number of fused-ring (bicyclic) bond motifs is 1. The fraction of sp³-hybridized carbons (Fsp3) is 0. The molecule has 1 aromatic heterocycles. The van der Waals surface area contributed by atoms with Gasteiger partial charge in [0.05, 0.1) is 17.4 Å². The Hall–Kier alpha value is -2.35. The van der Waals surface area contributed by atoms with E-state index in [1.807, 2.05) is 24.3 Å². The number of hydrogen-bond acceptors (Lipinski definition) is 1. The van der Waals surface area contributed by atoms with Gasteiger partial charge in [0.15, 0.2) is 0 Å². The maximum Gasteiger partial charge on any atom is 0.0931 e. The predicted molar refractivity (Wildman–Crippen MR) is 71.5 cm³/mol. The zero-order chi connectivity index (χ0) is 11.5. The Morgan fingerprint density at radius 3 is 2.59 bits per heavy atom. The molecule has 0 bridgehead atoms. The van der Waals surface area contributed by atoms with Crippen molar-refractivity contribution < 1.29 is 0 Å². The summed E-state index contributed by atoms with van der Waals surface area (Å²) in [5.41, 5.74) is 4.44. The summed E-state index contributed by atoms with van der Waals surface area (Å²) < 4.78 is 0.